The molecule has 0 aliphatic rings. The van der Waals surface area contributed by atoms with Crippen LogP contribution in [0.4, 0.5) is 0 Å². The van der Waals surface area contributed by atoms with E-state index in [1.807, 2.05) is 62.4 Å². The topological polar surface area (TPSA) is 71.1 Å². The SMILES string of the molecule is CC(C)[C@@H](NC(=O)c1ccc2ccccc2c1)C(=O)NCc1ccncc1. The van der Waals surface area contributed by atoms with Gasteiger partial charge in [0.05, 0.1) is 0 Å². The van der Waals surface area contributed by atoms with Gasteiger partial charge < -0.3 is 10.6 Å². The Kier molecular flexibility index (Phi) is 5.81. The maximum Gasteiger partial charge on any atom is 0.251 e. The lowest BCUT2D eigenvalue weighted by Gasteiger charge is -2.22. The van der Waals surface area contributed by atoms with Gasteiger partial charge in [-0.25, -0.2) is 0 Å². The van der Waals surface area contributed by atoms with Crippen LogP contribution in [0.5, 0.6) is 0 Å². The number of carbonyl (C=O) groups is 2. The van der Waals surface area contributed by atoms with Gasteiger partial charge in [0, 0.05) is 24.5 Å². The van der Waals surface area contributed by atoms with Gasteiger partial charge in [-0.2, -0.15) is 0 Å². The number of amides is 2. The van der Waals surface area contributed by atoms with Crippen LogP contribution in [0.15, 0.2) is 67.0 Å². The molecule has 1 aromatic heterocycles. The third-order valence-corrected chi connectivity index (χ3v) is 4.46. The Balaban J connectivity index is 1.68. The number of hydrogen-bond donors (Lipinski definition) is 2. The molecule has 1 heterocycles. The normalized spacial score (nSPS) is 12.0. The highest BCUT2D eigenvalue weighted by Crippen LogP contribution is 2.16. The zero-order chi connectivity index (χ0) is 19.2. The molecule has 2 N–H and O–H groups in total. The van der Waals surface area contributed by atoms with Gasteiger partial charge in [0.15, 0.2) is 0 Å². The largest absolute Gasteiger partial charge is 0.350 e. The lowest BCUT2D eigenvalue weighted by Crippen LogP contribution is -2.49. The fourth-order valence-corrected chi connectivity index (χ4v) is 2.89. The molecule has 0 saturated carbocycles. The van der Waals surface area contributed by atoms with E-state index in [2.05, 4.69) is 15.6 Å². The number of aromatic nitrogens is 1. The predicted octanol–water partition coefficient (Wildman–Crippen LogP) is 3.31. The van der Waals surface area contributed by atoms with E-state index in [9.17, 15) is 9.59 Å². The molecule has 0 spiro atoms. The van der Waals surface area contributed by atoms with E-state index in [0.717, 1.165) is 16.3 Å². The number of rotatable bonds is 6. The van der Waals surface area contributed by atoms with Gasteiger partial charge in [-0.1, -0.05) is 44.2 Å². The Labute approximate surface area is 158 Å². The van der Waals surface area contributed by atoms with Crippen molar-refractivity contribution in [1.29, 1.82) is 0 Å². The Bertz CT molecular complexity index is 938. The summed E-state index contributed by atoms with van der Waals surface area (Å²) in [7, 11) is 0. The highest BCUT2D eigenvalue weighted by atomic mass is 16.2. The summed E-state index contributed by atoms with van der Waals surface area (Å²) in [4.78, 5) is 29.2. The molecule has 0 unspecified atom stereocenters. The van der Waals surface area contributed by atoms with Crippen LogP contribution in [0, 0.1) is 5.92 Å². The quantitative estimate of drug-likeness (QED) is 0.708. The van der Waals surface area contributed by atoms with Crippen LogP contribution in [0.25, 0.3) is 10.8 Å². The molecular weight excluding hydrogens is 338 g/mol. The van der Waals surface area contributed by atoms with Gasteiger partial charge in [0.2, 0.25) is 5.91 Å². The second kappa shape index (κ2) is 8.45. The summed E-state index contributed by atoms with van der Waals surface area (Å²) in [5.41, 5.74) is 1.50. The van der Waals surface area contributed by atoms with Crippen molar-refractivity contribution in [3.63, 3.8) is 0 Å². The van der Waals surface area contributed by atoms with Crippen LogP contribution in [-0.4, -0.2) is 22.8 Å². The first-order chi connectivity index (χ1) is 13.0. The maximum absolute atomic E-state index is 12.7. The molecule has 3 aromatic rings. The van der Waals surface area contributed by atoms with Crippen LogP contribution in [0.3, 0.4) is 0 Å². The van der Waals surface area contributed by atoms with Gasteiger partial charge in [-0.05, 0) is 46.5 Å². The zero-order valence-corrected chi connectivity index (χ0v) is 15.5. The van der Waals surface area contributed by atoms with Crippen molar-refractivity contribution in [3.8, 4) is 0 Å². The van der Waals surface area contributed by atoms with E-state index in [0.29, 0.717) is 12.1 Å². The molecule has 1 atom stereocenters. The van der Waals surface area contributed by atoms with Gasteiger partial charge in [-0.3, -0.25) is 14.6 Å². The molecule has 0 aliphatic carbocycles. The maximum atomic E-state index is 12.7. The molecule has 2 aromatic carbocycles. The number of benzene rings is 2. The highest BCUT2D eigenvalue weighted by Gasteiger charge is 2.24. The zero-order valence-electron chi connectivity index (χ0n) is 15.5. The fourth-order valence-electron chi connectivity index (χ4n) is 2.89. The van der Waals surface area contributed by atoms with Crippen molar-refractivity contribution in [2.75, 3.05) is 0 Å². The molecule has 2 amide bonds. The first-order valence-electron chi connectivity index (χ1n) is 9.01. The van der Waals surface area contributed by atoms with Crippen LogP contribution >= 0.6 is 0 Å². The number of carbonyl (C=O) groups excluding carboxylic acids is 2. The van der Waals surface area contributed by atoms with Crippen LogP contribution in [-0.2, 0) is 11.3 Å². The first kappa shape index (κ1) is 18.6. The molecule has 138 valence electrons. The smallest absolute Gasteiger partial charge is 0.251 e. The third-order valence-electron chi connectivity index (χ3n) is 4.46. The Morgan fingerprint density at radius 2 is 1.67 bits per heavy atom. The summed E-state index contributed by atoms with van der Waals surface area (Å²) in [5, 5.41) is 7.82. The Morgan fingerprint density at radius 3 is 2.37 bits per heavy atom. The average molecular weight is 361 g/mol. The van der Waals surface area contributed by atoms with Crippen molar-refractivity contribution in [2.24, 2.45) is 5.92 Å². The predicted molar refractivity (Wildman–Crippen MR) is 106 cm³/mol. The molecule has 3 rings (SSSR count). The third kappa shape index (κ3) is 4.70. The van der Waals surface area contributed by atoms with Gasteiger partial charge in [0.25, 0.3) is 5.91 Å². The standard InChI is InChI=1S/C22H23N3O2/c1-15(2)20(22(27)24-14-16-9-11-23-12-10-16)25-21(26)19-8-7-17-5-3-4-6-18(17)13-19/h3-13,15,20H,14H2,1-2H3,(H,24,27)(H,25,26)/t20-/m1/s1. The van der Waals surface area contributed by atoms with E-state index in [1.165, 1.54) is 0 Å². The van der Waals surface area contributed by atoms with Crippen molar-refractivity contribution >= 4 is 22.6 Å². The molecule has 0 radical (unpaired) electrons. The van der Waals surface area contributed by atoms with Crippen molar-refractivity contribution in [2.45, 2.75) is 26.4 Å². The lowest BCUT2D eigenvalue weighted by molar-refractivity contribution is -0.124. The minimum Gasteiger partial charge on any atom is -0.350 e. The van der Waals surface area contributed by atoms with E-state index >= 15 is 0 Å². The number of fused-ring (bicyclic) bond motifs is 1. The Hall–Kier alpha value is -3.21. The highest BCUT2D eigenvalue weighted by molar-refractivity contribution is 6.00. The van der Waals surface area contributed by atoms with E-state index in [4.69, 9.17) is 0 Å². The molecular formula is C22H23N3O2. The van der Waals surface area contributed by atoms with Gasteiger partial charge in [-0.15, -0.1) is 0 Å². The second-order valence-electron chi connectivity index (χ2n) is 6.83. The number of nitrogens with zero attached hydrogens (tertiary/aromatic N) is 1. The molecule has 0 saturated heterocycles. The van der Waals surface area contributed by atoms with E-state index < -0.39 is 6.04 Å². The summed E-state index contributed by atoms with van der Waals surface area (Å²) >= 11 is 0. The summed E-state index contributed by atoms with van der Waals surface area (Å²) in [5.74, 6) is -0.485. The van der Waals surface area contributed by atoms with E-state index in [-0.39, 0.29) is 17.7 Å². The fraction of sp³-hybridized carbons (Fsp3) is 0.227. The van der Waals surface area contributed by atoms with Crippen LogP contribution in [0.2, 0.25) is 0 Å². The Morgan fingerprint density at radius 1 is 0.963 bits per heavy atom. The summed E-state index contributed by atoms with van der Waals surface area (Å²) in [6.45, 7) is 4.23. The summed E-state index contributed by atoms with van der Waals surface area (Å²) in [6, 6.07) is 16.5. The van der Waals surface area contributed by atoms with E-state index in [1.54, 1.807) is 18.5 Å². The van der Waals surface area contributed by atoms with Crippen LogP contribution < -0.4 is 10.6 Å². The van der Waals surface area contributed by atoms with Crippen LogP contribution in [0.1, 0.15) is 29.8 Å². The first-order valence-corrected chi connectivity index (χ1v) is 9.01. The minimum absolute atomic E-state index is 0.0353. The van der Waals surface area contributed by atoms with Crippen molar-refractivity contribution in [1.82, 2.24) is 15.6 Å². The number of nitrogens with one attached hydrogen (secondary N) is 2. The number of hydrogen-bond acceptors (Lipinski definition) is 3. The summed E-state index contributed by atoms with van der Waals surface area (Å²) < 4.78 is 0. The molecule has 5 heteroatoms. The molecule has 0 fully saturated rings. The van der Waals surface area contributed by atoms with Gasteiger partial charge >= 0.3 is 0 Å². The minimum atomic E-state index is -0.606. The molecule has 27 heavy (non-hydrogen) atoms. The molecule has 5 nitrogen and oxygen atoms in total. The lowest BCUT2D eigenvalue weighted by atomic mass is 10.0. The monoisotopic (exact) mass is 361 g/mol. The number of pyridine rings is 1. The summed E-state index contributed by atoms with van der Waals surface area (Å²) in [6.07, 6.45) is 3.37. The van der Waals surface area contributed by atoms with Crippen molar-refractivity contribution in [3.05, 3.63) is 78.1 Å². The molecule has 0 bridgehead atoms. The molecule has 0 aliphatic heterocycles. The van der Waals surface area contributed by atoms with Gasteiger partial charge in [0.1, 0.15) is 6.04 Å². The van der Waals surface area contributed by atoms with Crippen molar-refractivity contribution < 1.29 is 9.59 Å². The average Bonchev–Trinajstić information content (AvgIpc) is 2.70. The second-order valence-corrected chi connectivity index (χ2v) is 6.83.